The molecule has 0 radical (unpaired) electrons. The molecule has 3 aromatic rings. The van der Waals surface area contributed by atoms with Crippen LogP contribution < -0.4 is 14.2 Å². The maximum Gasteiger partial charge on any atom is 0.293 e. The number of hydrogen-bond donors (Lipinski definition) is 0. The van der Waals surface area contributed by atoms with E-state index < -0.39 is 0 Å². The number of carbonyl (C=O) groups is 2. The molecule has 1 fully saturated rings. The number of halogens is 1. The van der Waals surface area contributed by atoms with Gasteiger partial charge in [0.15, 0.2) is 0 Å². The molecule has 1 heterocycles. The van der Waals surface area contributed by atoms with Crippen LogP contribution in [0.4, 0.5) is 4.79 Å². The van der Waals surface area contributed by atoms with Crippen LogP contribution in [0, 0.1) is 0 Å². The van der Waals surface area contributed by atoms with Crippen LogP contribution in [0.15, 0.2) is 77.7 Å². The summed E-state index contributed by atoms with van der Waals surface area (Å²) >= 11 is 6.79. The molecule has 0 bridgehead atoms. The highest BCUT2D eigenvalue weighted by atomic mass is 35.5. The second-order valence-corrected chi connectivity index (χ2v) is 11.1. The first kappa shape index (κ1) is 27.6. The molecule has 8 heteroatoms. The Kier molecular flexibility index (Phi) is 9.02. The first-order valence-corrected chi connectivity index (χ1v) is 13.5. The lowest BCUT2D eigenvalue weighted by atomic mass is 9.87. The van der Waals surface area contributed by atoms with E-state index in [-0.39, 0.29) is 29.7 Å². The Balaban J connectivity index is 1.26. The first-order valence-electron chi connectivity index (χ1n) is 12.3. The van der Waals surface area contributed by atoms with Crippen molar-refractivity contribution in [3.8, 4) is 17.2 Å². The van der Waals surface area contributed by atoms with Gasteiger partial charge in [0.25, 0.3) is 11.1 Å². The zero-order chi connectivity index (χ0) is 27.1. The van der Waals surface area contributed by atoms with Crippen molar-refractivity contribution in [3.63, 3.8) is 0 Å². The summed E-state index contributed by atoms with van der Waals surface area (Å²) in [5.74, 6) is 1.74. The predicted octanol–water partition coefficient (Wildman–Crippen LogP) is 7.21. The monoisotopic (exact) mass is 551 g/mol. The number of amides is 2. The van der Waals surface area contributed by atoms with Gasteiger partial charge in [-0.05, 0) is 82.9 Å². The van der Waals surface area contributed by atoms with Gasteiger partial charge >= 0.3 is 0 Å². The Labute approximate surface area is 232 Å². The smallest absolute Gasteiger partial charge is 0.293 e. The lowest BCUT2D eigenvalue weighted by Gasteiger charge is -2.19. The van der Waals surface area contributed by atoms with Crippen LogP contribution in [0.1, 0.15) is 31.9 Å². The zero-order valence-corrected chi connectivity index (χ0v) is 23.2. The topological polar surface area (TPSA) is 65.1 Å². The van der Waals surface area contributed by atoms with Gasteiger partial charge < -0.3 is 14.2 Å². The molecule has 1 aliphatic rings. The summed E-state index contributed by atoms with van der Waals surface area (Å²) in [6.07, 6.45) is 1.70. The van der Waals surface area contributed by atoms with Gasteiger partial charge in [-0.25, -0.2) is 0 Å². The molecule has 0 saturated carbocycles. The standard InChI is InChI=1S/C30H30ClNO5S/c1-30(2,3)22-7-11-24(12-8-22)36-17-18-37-26-6-4-5-21(19-26)20-27-28(33)32(29(34)38-27)15-16-35-25-13-9-23(31)10-14-25/h4-14,19-20H,15-18H2,1-3H3/b27-20-. The second-order valence-electron chi connectivity index (χ2n) is 9.68. The van der Waals surface area contributed by atoms with E-state index >= 15 is 0 Å². The highest BCUT2D eigenvalue weighted by molar-refractivity contribution is 8.18. The summed E-state index contributed by atoms with van der Waals surface area (Å²) < 4.78 is 17.2. The number of nitrogens with zero attached hydrogens (tertiary/aromatic N) is 1. The molecule has 1 aliphatic heterocycles. The molecule has 0 atom stereocenters. The highest BCUT2D eigenvalue weighted by Crippen LogP contribution is 2.32. The maximum atomic E-state index is 12.8. The van der Waals surface area contributed by atoms with Gasteiger partial charge in [-0.15, -0.1) is 0 Å². The van der Waals surface area contributed by atoms with E-state index in [1.165, 1.54) is 10.5 Å². The van der Waals surface area contributed by atoms with E-state index in [9.17, 15) is 9.59 Å². The van der Waals surface area contributed by atoms with Crippen molar-refractivity contribution in [2.24, 2.45) is 0 Å². The fourth-order valence-corrected chi connectivity index (χ4v) is 4.69. The molecule has 0 unspecified atom stereocenters. The molecule has 0 N–H and O–H groups in total. The lowest BCUT2D eigenvalue weighted by molar-refractivity contribution is -0.123. The fourth-order valence-electron chi connectivity index (χ4n) is 3.69. The van der Waals surface area contributed by atoms with Gasteiger partial charge in [0, 0.05) is 5.02 Å². The zero-order valence-electron chi connectivity index (χ0n) is 21.6. The third kappa shape index (κ3) is 7.55. The van der Waals surface area contributed by atoms with Gasteiger partial charge in [-0.2, -0.15) is 0 Å². The normalized spacial score (nSPS) is 14.7. The van der Waals surface area contributed by atoms with Crippen LogP contribution in [0.25, 0.3) is 6.08 Å². The number of benzene rings is 3. The van der Waals surface area contributed by atoms with E-state index in [0.717, 1.165) is 23.1 Å². The molecule has 0 aliphatic carbocycles. The number of hydrogen-bond acceptors (Lipinski definition) is 6. The molecule has 198 valence electrons. The minimum Gasteiger partial charge on any atom is -0.492 e. The van der Waals surface area contributed by atoms with E-state index in [2.05, 4.69) is 32.9 Å². The molecule has 1 saturated heterocycles. The maximum absolute atomic E-state index is 12.8. The summed E-state index contributed by atoms with van der Waals surface area (Å²) in [5, 5.41) is 0.291. The Morgan fingerprint density at radius 1 is 0.816 bits per heavy atom. The molecule has 0 spiro atoms. The average Bonchev–Trinajstić information content (AvgIpc) is 3.15. The minimum absolute atomic E-state index is 0.0988. The van der Waals surface area contributed by atoms with E-state index in [1.54, 1.807) is 30.3 Å². The molecule has 2 amide bonds. The van der Waals surface area contributed by atoms with E-state index in [1.807, 2.05) is 36.4 Å². The van der Waals surface area contributed by atoms with Crippen molar-refractivity contribution < 1.29 is 23.8 Å². The van der Waals surface area contributed by atoms with Gasteiger partial charge in [0.1, 0.15) is 37.1 Å². The lowest BCUT2D eigenvalue weighted by Crippen LogP contribution is -2.32. The number of carbonyl (C=O) groups excluding carboxylic acids is 2. The number of thioether (sulfide) groups is 1. The largest absolute Gasteiger partial charge is 0.492 e. The summed E-state index contributed by atoms with van der Waals surface area (Å²) in [7, 11) is 0. The van der Waals surface area contributed by atoms with Crippen molar-refractivity contribution in [1.29, 1.82) is 0 Å². The quantitative estimate of drug-likeness (QED) is 0.196. The van der Waals surface area contributed by atoms with Crippen molar-refractivity contribution in [3.05, 3.63) is 93.9 Å². The van der Waals surface area contributed by atoms with E-state index in [4.69, 9.17) is 25.8 Å². The second kappa shape index (κ2) is 12.4. The number of rotatable bonds is 10. The van der Waals surface area contributed by atoms with Crippen molar-refractivity contribution in [1.82, 2.24) is 4.90 Å². The SMILES string of the molecule is CC(C)(C)c1ccc(OCCOc2cccc(/C=C3\SC(=O)N(CCOc4ccc(Cl)cc4)C3=O)c2)cc1. The molecule has 38 heavy (non-hydrogen) atoms. The molecular weight excluding hydrogens is 522 g/mol. The van der Waals surface area contributed by atoms with E-state index in [0.29, 0.717) is 34.6 Å². The van der Waals surface area contributed by atoms with Crippen molar-refractivity contribution in [2.75, 3.05) is 26.4 Å². The van der Waals surface area contributed by atoms with Gasteiger partial charge in [0.05, 0.1) is 11.4 Å². The number of ether oxygens (including phenoxy) is 3. The van der Waals surface area contributed by atoms with Crippen LogP contribution in [0.5, 0.6) is 17.2 Å². The average molecular weight is 552 g/mol. The van der Waals surface area contributed by atoms with Crippen LogP contribution in [0.2, 0.25) is 5.02 Å². The van der Waals surface area contributed by atoms with Crippen molar-refractivity contribution >= 4 is 40.6 Å². The van der Waals surface area contributed by atoms with Crippen molar-refractivity contribution in [2.45, 2.75) is 26.2 Å². The third-order valence-electron chi connectivity index (χ3n) is 5.77. The highest BCUT2D eigenvalue weighted by Gasteiger charge is 2.34. The fraction of sp³-hybridized carbons (Fsp3) is 0.267. The molecule has 4 rings (SSSR count). The summed E-state index contributed by atoms with van der Waals surface area (Å²) in [6.45, 7) is 7.65. The Bertz CT molecular complexity index is 1300. The minimum atomic E-state index is -0.336. The summed E-state index contributed by atoms with van der Waals surface area (Å²) in [5.41, 5.74) is 2.12. The molecular formula is C30H30ClNO5S. The molecule has 0 aromatic heterocycles. The first-order chi connectivity index (χ1) is 18.2. The van der Waals surface area contributed by atoms with Gasteiger partial charge in [0.2, 0.25) is 0 Å². The summed E-state index contributed by atoms with van der Waals surface area (Å²) in [4.78, 5) is 26.8. The Hall–Kier alpha value is -3.42. The van der Waals surface area contributed by atoms with Crippen LogP contribution in [0.3, 0.4) is 0 Å². The Morgan fingerprint density at radius 2 is 1.42 bits per heavy atom. The predicted molar refractivity (Wildman–Crippen MR) is 152 cm³/mol. The van der Waals surface area contributed by atoms with Crippen LogP contribution in [-0.4, -0.2) is 42.4 Å². The van der Waals surface area contributed by atoms with Crippen LogP contribution >= 0.6 is 23.4 Å². The van der Waals surface area contributed by atoms with Crippen LogP contribution in [-0.2, 0) is 10.2 Å². The molecule has 3 aromatic carbocycles. The number of imide groups is 1. The Morgan fingerprint density at radius 3 is 2.08 bits per heavy atom. The third-order valence-corrected chi connectivity index (χ3v) is 6.93. The van der Waals surface area contributed by atoms with Gasteiger partial charge in [-0.3, -0.25) is 14.5 Å². The van der Waals surface area contributed by atoms with Gasteiger partial charge in [-0.1, -0.05) is 56.6 Å². The molecule has 6 nitrogen and oxygen atoms in total. The summed E-state index contributed by atoms with van der Waals surface area (Å²) in [6, 6.07) is 22.4.